The van der Waals surface area contributed by atoms with Gasteiger partial charge in [0.2, 0.25) is 5.91 Å². The van der Waals surface area contributed by atoms with Crippen LogP contribution in [0.2, 0.25) is 0 Å². The number of carbonyl (C=O) groups is 1. The summed E-state index contributed by atoms with van der Waals surface area (Å²) in [5.74, 6) is 0.660. The van der Waals surface area contributed by atoms with Crippen molar-refractivity contribution in [2.24, 2.45) is 5.92 Å². The SMILES string of the molecule is CN1CCN(C2CN(c3cnc4c(N5CCN(C(=O)C6CC6)CC5)cnn4c3)C2)CC1. The molecule has 0 N–H and O–H groups in total. The molecule has 3 saturated heterocycles. The number of aromatic nitrogens is 3. The molecule has 5 heterocycles. The van der Waals surface area contributed by atoms with Crippen LogP contribution in [0, 0.1) is 5.92 Å². The third-order valence-electron chi connectivity index (χ3n) is 7.46. The molecule has 0 spiro atoms. The number of amides is 1. The lowest BCUT2D eigenvalue weighted by molar-refractivity contribution is -0.132. The van der Waals surface area contributed by atoms with Crippen LogP contribution in [0.25, 0.3) is 5.65 Å². The van der Waals surface area contributed by atoms with E-state index in [0.717, 1.165) is 69.1 Å². The van der Waals surface area contributed by atoms with Crippen molar-refractivity contribution in [2.75, 3.05) is 82.3 Å². The maximum absolute atomic E-state index is 12.3. The monoisotopic (exact) mass is 424 g/mol. The first-order valence-electron chi connectivity index (χ1n) is 11.7. The van der Waals surface area contributed by atoms with Crippen LogP contribution < -0.4 is 9.80 Å². The van der Waals surface area contributed by atoms with E-state index in [-0.39, 0.29) is 0 Å². The van der Waals surface area contributed by atoms with Gasteiger partial charge in [-0.1, -0.05) is 0 Å². The molecule has 0 radical (unpaired) electrons. The van der Waals surface area contributed by atoms with E-state index < -0.39 is 0 Å². The Morgan fingerprint density at radius 3 is 2.39 bits per heavy atom. The first-order valence-corrected chi connectivity index (χ1v) is 11.7. The molecular weight excluding hydrogens is 392 g/mol. The largest absolute Gasteiger partial charge is 0.366 e. The van der Waals surface area contributed by atoms with Crippen LogP contribution in [-0.4, -0.2) is 114 Å². The molecule has 0 unspecified atom stereocenters. The topological polar surface area (TPSA) is 63.5 Å². The highest BCUT2D eigenvalue weighted by Crippen LogP contribution is 2.32. The van der Waals surface area contributed by atoms with Gasteiger partial charge in [-0.3, -0.25) is 9.69 Å². The third kappa shape index (κ3) is 3.63. The Morgan fingerprint density at radius 2 is 1.68 bits per heavy atom. The minimum atomic E-state index is 0.306. The highest BCUT2D eigenvalue weighted by Gasteiger charge is 2.35. The van der Waals surface area contributed by atoms with Crippen LogP contribution in [0.1, 0.15) is 12.8 Å². The second-order valence-corrected chi connectivity index (χ2v) is 9.59. The van der Waals surface area contributed by atoms with Crippen LogP contribution in [-0.2, 0) is 4.79 Å². The summed E-state index contributed by atoms with van der Waals surface area (Å²) in [6.07, 6.45) is 8.18. The molecule has 0 aromatic carbocycles. The number of hydrogen-bond acceptors (Lipinski definition) is 7. The number of fused-ring (bicyclic) bond motifs is 1. The summed E-state index contributed by atoms with van der Waals surface area (Å²) < 4.78 is 1.91. The second-order valence-electron chi connectivity index (χ2n) is 9.59. The van der Waals surface area contributed by atoms with Gasteiger partial charge in [0.1, 0.15) is 5.69 Å². The summed E-state index contributed by atoms with van der Waals surface area (Å²) in [5.41, 5.74) is 3.12. The Morgan fingerprint density at radius 1 is 0.935 bits per heavy atom. The van der Waals surface area contributed by atoms with Crippen LogP contribution >= 0.6 is 0 Å². The van der Waals surface area contributed by atoms with Gasteiger partial charge in [0.15, 0.2) is 5.65 Å². The number of rotatable bonds is 4. The number of piperazine rings is 2. The van der Waals surface area contributed by atoms with Gasteiger partial charge in [-0.2, -0.15) is 5.10 Å². The zero-order valence-electron chi connectivity index (χ0n) is 18.4. The molecule has 1 saturated carbocycles. The maximum atomic E-state index is 12.3. The van der Waals surface area contributed by atoms with Gasteiger partial charge in [-0.15, -0.1) is 0 Å². The third-order valence-corrected chi connectivity index (χ3v) is 7.46. The van der Waals surface area contributed by atoms with E-state index in [1.54, 1.807) is 0 Å². The van der Waals surface area contributed by atoms with Crippen molar-refractivity contribution in [1.82, 2.24) is 29.3 Å². The molecule has 0 atom stereocenters. The summed E-state index contributed by atoms with van der Waals surface area (Å²) in [7, 11) is 2.21. The molecule has 0 bridgehead atoms. The lowest BCUT2D eigenvalue weighted by atomic mass is 10.1. The summed E-state index contributed by atoms with van der Waals surface area (Å²) in [6.45, 7) is 10.1. The predicted octanol–water partition coefficient (Wildman–Crippen LogP) is 0.224. The number of anilines is 2. The molecule has 2 aromatic heterocycles. The molecular formula is C22H32N8O. The van der Waals surface area contributed by atoms with Crippen molar-refractivity contribution >= 4 is 22.9 Å². The van der Waals surface area contributed by atoms with Crippen LogP contribution in [0.5, 0.6) is 0 Å². The smallest absolute Gasteiger partial charge is 0.225 e. The maximum Gasteiger partial charge on any atom is 0.225 e. The molecule has 4 aliphatic rings. The van der Waals surface area contributed by atoms with Crippen LogP contribution in [0.3, 0.4) is 0 Å². The van der Waals surface area contributed by atoms with Gasteiger partial charge in [0.25, 0.3) is 0 Å². The molecule has 9 nitrogen and oxygen atoms in total. The van der Waals surface area contributed by atoms with Gasteiger partial charge >= 0.3 is 0 Å². The molecule has 166 valence electrons. The molecule has 2 aromatic rings. The fraction of sp³-hybridized carbons (Fsp3) is 0.682. The van der Waals surface area contributed by atoms with Gasteiger partial charge in [-0.05, 0) is 19.9 Å². The Hall–Kier alpha value is -2.39. The van der Waals surface area contributed by atoms with Crippen molar-refractivity contribution in [3.05, 3.63) is 18.6 Å². The summed E-state index contributed by atoms with van der Waals surface area (Å²) >= 11 is 0. The first-order chi connectivity index (χ1) is 15.2. The van der Waals surface area contributed by atoms with Crippen molar-refractivity contribution in [1.29, 1.82) is 0 Å². The van der Waals surface area contributed by atoms with E-state index in [4.69, 9.17) is 4.98 Å². The van der Waals surface area contributed by atoms with E-state index in [0.29, 0.717) is 17.9 Å². The standard InChI is InChI=1S/C22H32N8O/c1-25-4-6-26(7-5-25)19-14-29(15-19)18-12-23-21-20(13-24-30(21)16-18)27-8-10-28(11-9-27)22(31)17-2-3-17/h12-13,16-17,19H,2-11,14-15H2,1H3. The number of nitrogens with zero attached hydrogens (tertiary/aromatic N) is 8. The van der Waals surface area contributed by atoms with Crippen LogP contribution in [0.15, 0.2) is 18.6 Å². The molecule has 1 amide bonds. The predicted molar refractivity (Wildman–Crippen MR) is 120 cm³/mol. The molecule has 4 fully saturated rings. The summed E-state index contributed by atoms with van der Waals surface area (Å²) in [4.78, 5) is 28.9. The number of hydrogen-bond donors (Lipinski definition) is 0. The Kier molecular flexibility index (Phi) is 4.75. The number of likely N-dealkylation sites (N-methyl/N-ethyl adjacent to an activating group) is 1. The average Bonchev–Trinajstić information content (AvgIpc) is 3.53. The molecule has 31 heavy (non-hydrogen) atoms. The normalized spacial score (nSPS) is 24.1. The first kappa shape index (κ1) is 19.3. The summed E-state index contributed by atoms with van der Waals surface area (Å²) in [5, 5.41) is 4.59. The van der Waals surface area contributed by atoms with E-state index in [9.17, 15) is 4.79 Å². The van der Waals surface area contributed by atoms with Gasteiger partial charge in [0, 0.05) is 77.4 Å². The van der Waals surface area contributed by atoms with Crippen molar-refractivity contribution < 1.29 is 4.79 Å². The summed E-state index contributed by atoms with van der Waals surface area (Å²) in [6, 6.07) is 0.659. The van der Waals surface area contributed by atoms with Gasteiger partial charge in [-0.25, -0.2) is 9.50 Å². The quantitative estimate of drug-likeness (QED) is 0.696. The fourth-order valence-corrected chi connectivity index (χ4v) is 5.08. The Bertz CT molecular complexity index is 950. The van der Waals surface area contributed by atoms with Crippen molar-refractivity contribution in [3.8, 4) is 0 Å². The zero-order chi connectivity index (χ0) is 20.9. The van der Waals surface area contributed by atoms with Crippen molar-refractivity contribution in [2.45, 2.75) is 18.9 Å². The van der Waals surface area contributed by atoms with E-state index >= 15 is 0 Å². The molecule has 1 aliphatic carbocycles. The Labute approximate surface area is 183 Å². The zero-order valence-corrected chi connectivity index (χ0v) is 18.4. The second kappa shape index (κ2) is 7.63. The highest BCUT2D eigenvalue weighted by molar-refractivity contribution is 5.81. The highest BCUT2D eigenvalue weighted by atomic mass is 16.2. The van der Waals surface area contributed by atoms with E-state index in [2.05, 4.69) is 37.9 Å². The lowest BCUT2D eigenvalue weighted by Gasteiger charge is -2.48. The minimum absolute atomic E-state index is 0.306. The fourth-order valence-electron chi connectivity index (χ4n) is 5.08. The average molecular weight is 425 g/mol. The van der Waals surface area contributed by atoms with Crippen LogP contribution in [0.4, 0.5) is 11.4 Å². The number of carbonyl (C=O) groups excluding carboxylic acids is 1. The van der Waals surface area contributed by atoms with Crippen molar-refractivity contribution in [3.63, 3.8) is 0 Å². The minimum Gasteiger partial charge on any atom is -0.366 e. The molecule has 6 rings (SSSR count). The van der Waals surface area contributed by atoms with E-state index in [1.807, 2.05) is 21.8 Å². The van der Waals surface area contributed by atoms with Gasteiger partial charge < -0.3 is 19.6 Å². The van der Waals surface area contributed by atoms with E-state index in [1.165, 1.54) is 26.2 Å². The molecule has 3 aliphatic heterocycles. The Balaban J connectivity index is 1.08. The molecule has 9 heteroatoms. The lowest BCUT2D eigenvalue weighted by Crippen LogP contribution is -2.63. The van der Waals surface area contributed by atoms with Gasteiger partial charge in [0.05, 0.1) is 24.3 Å².